The second kappa shape index (κ2) is 8.43. The second-order valence-electron chi connectivity index (χ2n) is 7.93. The monoisotopic (exact) mass is 390 g/mol. The van der Waals surface area contributed by atoms with Crippen molar-refractivity contribution in [1.29, 1.82) is 0 Å². The highest BCUT2D eigenvalue weighted by Crippen LogP contribution is 2.29. The molecule has 0 unspecified atom stereocenters. The Hall–Kier alpha value is -1.21. The molecule has 0 spiro atoms. The molecule has 0 amide bonds. The van der Waals surface area contributed by atoms with Crippen molar-refractivity contribution >= 4 is 16.1 Å². The van der Waals surface area contributed by atoms with Crippen LogP contribution < -0.4 is 0 Å². The third kappa shape index (κ3) is 4.80. The van der Waals surface area contributed by atoms with Gasteiger partial charge in [-0.1, -0.05) is 42.3 Å². The van der Waals surface area contributed by atoms with Crippen LogP contribution in [0, 0.1) is 0 Å². The van der Waals surface area contributed by atoms with E-state index >= 15 is 0 Å². The Balaban J connectivity index is 1.33. The number of benzene rings is 1. The third-order valence-corrected chi connectivity index (χ3v) is 7.94. The summed E-state index contributed by atoms with van der Waals surface area (Å²) >= 11 is 0. The number of morpholine rings is 1. The van der Waals surface area contributed by atoms with Crippen LogP contribution in [-0.2, 0) is 20.5 Å². The number of ether oxygens (including phenoxy) is 1. The molecule has 27 heavy (non-hydrogen) atoms. The number of hydrogen-bond acceptors (Lipinski definition) is 4. The molecule has 2 saturated heterocycles. The van der Waals surface area contributed by atoms with Gasteiger partial charge < -0.3 is 4.74 Å². The molecular weight excluding hydrogens is 360 g/mol. The van der Waals surface area contributed by atoms with Crippen LogP contribution in [0.25, 0.3) is 6.08 Å². The van der Waals surface area contributed by atoms with Crippen molar-refractivity contribution in [2.45, 2.75) is 43.9 Å². The van der Waals surface area contributed by atoms with E-state index in [-0.39, 0.29) is 5.75 Å². The van der Waals surface area contributed by atoms with E-state index in [2.05, 4.69) is 23.1 Å². The maximum atomic E-state index is 12.5. The summed E-state index contributed by atoms with van der Waals surface area (Å²) in [6.07, 6.45) is 8.77. The molecule has 0 N–H and O–H groups in total. The minimum Gasteiger partial charge on any atom is -0.379 e. The van der Waals surface area contributed by atoms with E-state index in [1.54, 1.807) is 4.31 Å². The van der Waals surface area contributed by atoms with Crippen LogP contribution in [0.4, 0.5) is 0 Å². The molecule has 1 aromatic rings. The molecule has 1 aromatic carbocycles. The molecular formula is C21H30N2O3S. The molecule has 0 radical (unpaired) electrons. The summed E-state index contributed by atoms with van der Waals surface area (Å²) < 4.78 is 31.8. The smallest absolute Gasteiger partial charge is 0.218 e. The fourth-order valence-electron chi connectivity index (χ4n) is 4.15. The van der Waals surface area contributed by atoms with Gasteiger partial charge >= 0.3 is 0 Å². The summed E-state index contributed by atoms with van der Waals surface area (Å²) in [6, 6.07) is 8.85. The molecule has 1 aliphatic carbocycles. The maximum Gasteiger partial charge on any atom is 0.218 e. The van der Waals surface area contributed by atoms with Gasteiger partial charge in [0, 0.05) is 32.2 Å². The largest absolute Gasteiger partial charge is 0.379 e. The number of piperidine rings is 1. The van der Waals surface area contributed by atoms with Crippen LogP contribution >= 0.6 is 0 Å². The molecule has 148 valence electrons. The lowest BCUT2D eigenvalue weighted by molar-refractivity contribution is 0.0729. The number of rotatable bonds is 5. The van der Waals surface area contributed by atoms with E-state index in [9.17, 15) is 8.42 Å². The molecule has 0 bridgehead atoms. The van der Waals surface area contributed by atoms with Crippen molar-refractivity contribution in [2.24, 2.45) is 0 Å². The number of nitrogens with zero attached hydrogens (tertiary/aromatic N) is 2. The first-order chi connectivity index (χ1) is 13.1. The fourth-order valence-corrected chi connectivity index (χ4v) is 5.65. The van der Waals surface area contributed by atoms with E-state index in [0.717, 1.165) is 24.4 Å². The molecule has 0 aromatic heterocycles. The predicted octanol–water partition coefficient (Wildman–Crippen LogP) is 2.88. The molecule has 3 fully saturated rings. The molecule has 4 rings (SSSR count). The normalized spacial score (nSPS) is 23.2. The van der Waals surface area contributed by atoms with Crippen molar-refractivity contribution in [2.75, 3.05) is 39.4 Å². The highest BCUT2D eigenvalue weighted by molar-refractivity contribution is 7.88. The van der Waals surface area contributed by atoms with Crippen molar-refractivity contribution < 1.29 is 13.2 Å². The van der Waals surface area contributed by atoms with Gasteiger partial charge in [-0.05, 0) is 36.8 Å². The first-order valence-corrected chi connectivity index (χ1v) is 11.8. The number of hydrogen-bond donors (Lipinski definition) is 0. The zero-order chi connectivity index (χ0) is 18.7. The van der Waals surface area contributed by atoms with Crippen LogP contribution in [0.5, 0.6) is 0 Å². The Kier molecular flexibility index (Phi) is 5.97. The summed E-state index contributed by atoms with van der Waals surface area (Å²) in [7, 11) is -3.26. The lowest BCUT2D eigenvalue weighted by Crippen LogP contribution is -2.43. The van der Waals surface area contributed by atoms with Crippen molar-refractivity contribution in [3.8, 4) is 0 Å². The third-order valence-electron chi connectivity index (χ3n) is 6.09. The van der Waals surface area contributed by atoms with Gasteiger partial charge in [0.25, 0.3) is 0 Å². The van der Waals surface area contributed by atoms with E-state index in [1.165, 1.54) is 43.5 Å². The summed E-state index contributed by atoms with van der Waals surface area (Å²) in [5.41, 5.74) is 3.54. The SMILES string of the molecule is O=S(=O)(Cc1ccc(C=C2CCN(C3CCC3)CC2)cc1)N1CCOCC1. The number of likely N-dealkylation sites (tertiary alicyclic amines) is 1. The predicted molar refractivity (Wildman–Crippen MR) is 108 cm³/mol. The van der Waals surface area contributed by atoms with Gasteiger partial charge in [0.15, 0.2) is 0 Å². The Morgan fingerprint density at radius 1 is 1.00 bits per heavy atom. The van der Waals surface area contributed by atoms with E-state index < -0.39 is 10.0 Å². The Bertz CT molecular complexity index is 753. The molecule has 5 nitrogen and oxygen atoms in total. The van der Waals surface area contributed by atoms with Crippen LogP contribution in [0.3, 0.4) is 0 Å². The standard InChI is InChI=1S/C21H30N2O3S/c24-27(25,23-12-14-26-15-13-23)17-20-6-4-18(5-7-20)16-19-8-10-22(11-9-19)21-2-1-3-21/h4-7,16,21H,1-3,8-15,17H2. The summed E-state index contributed by atoms with van der Waals surface area (Å²) in [5.74, 6) is 0.0696. The van der Waals surface area contributed by atoms with E-state index in [0.29, 0.717) is 26.3 Å². The molecule has 6 heteroatoms. The minimum absolute atomic E-state index is 0.0696. The van der Waals surface area contributed by atoms with Crippen LogP contribution in [0.1, 0.15) is 43.2 Å². The average Bonchev–Trinajstić information content (AvgIpc) is 2.64. The van der Waals surface area contributed by atoms with Gasteiger partial charge in [0.1, 0.15) is 0 Å². The maximum absolute atomic E-state index is 12.5. The molecule has 0 atom stereocenters. The Labute approximate surface area is 163 Å². The van der Waals surface area contributed by atoms with Crippen LogP contribution in [0.2, 0.25) is 0 Å². The van der Waals surface area contributed by atoms with E-state index in [4.69, 9.17) is 4.74 Å². The van der Waals surface area contributed by atoms with E-state index in [1.807, 2.05) is 12.1 Å². The average molecular weight is 391 g/mol. The van der Waals surface area contributed by atoms with Gasteiger partial charge in [0.05, 0.1) is 19.0 Å². The van der Waals surface area contributed by atoms with Gasteiger partial charge in [-0.25, -0.2) is 8.42 Å². The van der Waals surface area contributed by atoms with Gasteiger partial charge in [-0.2, -0.15) is 4.31 Å². The quantitative estimate of drug-likeness (QED) is 0.776. The van der Waals surface area contributed by atoms with Gasteiger partial charge in [0.2, 0.25) is 10.0 Å². The fraction of sp³-hybridized carbons (Fsp3) is 0.619. The zero-order valence-corrected chi connectivity index (χ0v) is 16.8. The molecule has 2 heterocycles. The lowest BCUT2D eigenvalue weighted by atomic mass is 9.89. The summed E-state index contributed by atoms with van der Waals surface area (Å²) in [4.78, 5) is 2.65. The van der Waals surface area contributed by atoms with Gasteiger partial charge in [-0.15, -0.1) is 0 Å². The molecule has 3 aliphatic rings. The van der Waals surface area contributed by atoms with Crippen molar-refractivity contribution in [3.05, 3.63) is 41.0 Å². The topological polar surface area (TPSA) is 49.9 Å². The zero-order valence-electron chi connectivity index (χ0n) is 16.0. The highest BCUT2D eigenvalue weighted by Gasteiger charge is 2.27. The minimum atomic E-state index is -3.26. The van der Waals surface area contributed by atoms with Gasteiger partial charge in [-0.3, -0.25) is 4.90 Å². The van der Waals surface area contributed by atoms with Crippen molar-refractivity contribution in [3.63, 3.8) is 0 Å². The Morgan fingerprint density at radius 3 is 2.26 bits per heavy atom. The number of sulfonamides is 1. The van der Waals surface area contributed by atoms with Crippen LogP contribution in [-0.4, -0.2) is 63.1 Å². The Morgan fingerprint density at radius 2 is 1.67 bits per heavy atom. The molecule has 2 aliphatic heterocycles. The second-order valence-corrected chi connectivity index (χ2v) is 9.90. The first kappa shape index (κ1) is 19.1. The molecule has 1 saturated carbocycles. The summed E-state index contributed by atoms with van der Waals surface area (Å²) in [5, 5.41) is 0. The van der Waals surface area contributed by atoms with Crippen LogP contribution in [0.15, 0.2) is 29.8 Å². The first-order valence-electron chi connectivity index (χ1n) is 10.2. The van der Waals surface area contributed by atoms with Crippen molar-refractivity contribution in [1.82, 2.24) is 9.21 Å². The lowest BCUT2D eigenvalue weighted by Gasteiger charge is -2.40. The highest BCUT2D eigenvalue weighted by atomic mass is 32.2. The summed E-state index contributed by atoms with van der Waals surface area (Å²) in [6.45, 7) is 4.28.